The lowest BCUT2D eigenvalue weighted by Gasteiger charge is -2.04. The minimum absolute atomic E-state index is 0.172. The first-order valence-electron chi connectivity index (χ1n) is 5.63. The lowest BCUT2D eigenvalue weighted by atomic mass is 10.2. The van der Waals surface area contributed by atoms with Crippen LogP contribution in [0.15, 0.2) is 40.3 Å². The zero-order valence-corrected chi connectivity index (χ0v) is 10.6. The number of benzene rings is 1. The van der Waals surface area contributed by atoms with Crippen molar-refractivity contribution in [3.63, 3.8) is 0 Å². The molecule has 0 bridgehead atoms. The van der Waals surface area contributed by atoms with E-state index in [1.54, 1.807) is 6.92 Å². The Morgan fingerprint density at radius 3 is 2.47 bits per heavy atom. The highest BCUT2D eigenvalue weighted by atomic mass is 16.5. The highest BCUT2D eigenvalue weighted by molar-refractivity contribution is 5.95. The zero-order chi connectivity index (χ0) is 14.1. The van der Waals surface area contributed by atoms with Crippen molar-refractivity contribution in [3.05, 3.63) is 35.9 Å². The predicted molar refractivity (Wildman–Crippen MR) is 71.5 cm³/mol. The van der Waals surface area contributed by atoms with Crippen LogP contribution in [0.25, 0.3) is 0 Å². The molecule has 0 fully saturated rings. The van der Waals surface area contributed by atoms with Crippen molar-refractivity contribution >= 4 is 18.1 Å². The molecule has 0 unspecified atom stereocenters. The van der Waals surface area contributed by atoms with Crippen LogP contribution in [0.5, 0.6) is 0 Å². The fourth-order valence-corrected chi connectivity index (χ4v) is 1.15. The molecule has 0 aliphatic heterocycles. The Hall–Kier alpha value is -2.57. The van der Waals surface area contributed by atoms with Crippen LogP contribution in [-0.4, -0.2) is 24.7 Å². The molecule has 19 heavy (non-hydrogen) atoms. The van der Waals surface area contributed by atoms with E-state index in [1.165, 1.54) is 0 Å². The van der Waals surface area contributed by atoms with Crippen molar-refractivity contribution in [2.75, 3.05) is 6.61 Å². The average Bonchev–Trinajstić information content (AvgIpc) is 2.37. The Morgan fingerprint density at radius 1 is 1.16 bits per heavy atom. The molecule has 0 spiro atoms. The maximum absolute atomic E-state index is 11.0. The van der Waals surface area contributed by atoms with Gasteiger partial charge in [-0.1, -0.05) is 30.3 Å². The Morgan fingerprint density at radius 2 is 1.84 bits per heavy atom. The van der Waals surface area contributed by atoms with E-state index in [4.69, 9.17) is 16.2 Å². The standard InChI is InChI=1S/C12H16N4O3/c1-2-18-12(17)16-10(13)15-11(14)19-8-9-6-4-3-5-7-9/h3-7H,2,8H2,1H3,(H4,13,14,15,16,17). The number of aliphatic imine (C=N–C) groups is 2. The van der Waals surface area contributed by atoms with Gasteiger partial charge in [0.15, 0.2) is 0 Å². The lowest BCUT2D eigenvalue weighted by Crippen LogP contribution is -2.22. The second-order valence-corrected chi connectivity index (χ2v) is 3.39. The van der Waals surface area contributed by atoms with Gasteiger partial charge >= 0.3 is 6.09 Å². The number of guanidine groups is 1. The van der Waals surface area contributed by atoms with Crippen molar-refractivity contribution in [2.24, 2.45) is 21.5 Å². The molecule has 0 heterocycles. The molecule has 0 atom stereocenters. The van der Waals surface area contributed by atoms with Crippen LogP contribution in [0.4, 0.5) is 4.79 Å². The zero-order valence-electron chi connectivity index (χ0n) is 10.6. The van der Waals surface area contributed by atoms with Crippen molar-refractivity contribution in [3.8, 4) is 0 Å². The number of amides is 1. The Kier molecular flexibility index (Phi) is 5.87. The van der Waals surface area contributed by atoms with Crippen LogP contribution < -0.4 is 11.5 Å². The lowest BCUT2D eigenvalue weighted by molar-refractivity contribution is 0.163. The number of nitrogens with zero attached hydrogens (tertiary/aromatic N) is 2. The molecule has 7 nitrogen and oxygen atoms in total. The highest BCUT2D eigenvalue weighted by Gasteiger charge is 2.01. The summed E-state index contributed by atoms with van der Waals surface area (Å²) in [7, 11) is 0. The number of carbonyl (C=O) groups is 1. The first-order valence-corrected chi connectivity index (χ1v) is 5.63. The fourth-order valence-electron chi connectivity index (χ4n) is 1.15. The van der Waals surface area contributed by atoms with Gasteiger partial charge in [0.1, 0.15) is 6.61 Å². The summed E-state index contributed by atoms with van der Waals surface area (Å²) < 4.78 is 9.72. The summed E-state index contributed by atoms with van der Waals surface area (Å²) >= 11 is 0. The van der Waals surface area contributed by atoms with Crippen molar-refractivity contribution < 1.29 is 14.3 Å². The van der Waals surface area contributed by atoms with Gasteiger partial charge < -0.3 is 20.9 Å². The quantitative estimate of drug-likeness (QED) is 0.624. The first kappa shape index (κ1) is 14.5. The van der Waals surface area contributed by atoms with Crippen LogP contribution in [0.2, 0.25) is 0 Å². The second-order valence-electron chi connectivity index (χ2n) is 3.39. The fraction of sp³-hybridized carbons (Fsp3) is 0.250. The van der Waals surface area contributed by atoms with E-state index < -0.39 is 6.09 Å². The van der Waals surface area contributed by atoms with Crippen LogP contribution in [0.1, 0.15) is 12.5 Å². The normalized spacial score (nSPS) is 12.1. The molecule has 1 amide bonds. The van der Waals surface area contributed by atoms with E-state index in [9.17, 15) is 4.79 Å². The minimum atomic E-state index is -0.820. The third kappa shape index (κ3) is 6.06. The summed E-state index contributed by atoms with van der Waals surface area (Å²) in [6.07, 6.45) is -0.820. The van der Waals surface area contributed by atoms with E-state index >= 15 is 0 Å². The molecule has 0 aliphatic carbocycles. The summed E-state index contributed by atoms with van der Waals surface area (Å²) in [5.41, 5.74) is 11.8. The maximum atomic E-state index is 11.0. The molecule has 0 aromatic heterocycles. The third-order valence-corrected chi connectivity index (χ3v) is 1.93. The Labute approximate surface area is 110 Å². The van der Waals surface area contributed by atoms with Crippen LogP contribution in [0, 0.1) is 0 Å². The van der Waals surface area contributed by atoms with Gasteiger partial charge in [0.05, 0.1) is 6.61 Å². The molecule has 0 saturated carbocycles. The molecule has 0 saturated heterocycles. The number of ether oxygens (including phenoxy) is 2. The smallest absolute Gasteiger partial charge is 0.436 e. The second kappa shape index (κ2) is 7.70. The van der Waals surface area contributed by atoms with Crippen LogP contribution >= 0.6 is 0 Å². The number of amidine groups is 1. The van der Waals surface area contributed by atoms with Gasteiger partial charge in [0.2, 0.25) is 5.96 Å². The molecule has 1 aromatic rings. The van der Waals surface area contributed by atoms with Crippen molar-refractivity contribution in [1.82, 2.24) is 0 Å². The minimum Gasteiger partial charge on any atom is -0.460 e. The topological polar surface area (TPSA) is 112 Å². The van der Waals surface area contributed by atoms with Gasteiger partial charge in [-0.15, -0.1) is 4.99 Å². The van der Waals surface area contributed by atoms with Gasteiger partial charge in [-0.05, 0) is 12.5 Å². The number of hydrogen-bond donors (Lipinski definition) is 2. The van der Waals surface area contributed by atoms with Crippen LogP contribution in [-0.2, 0) is 16.1 Å². The van der Waals surface area contributed by atoms with E-state index in [0.29, 0.717) is 0 Å². The first-order chi connectivity index (χ1) is 9.11. The van der Waals surface area contributed by atoms with E-state index in [-0.39, 0.29) is 25.2 Å². The predicted octanol–water partition coefficient (Wildman–Crippen LogP) is 0.989. The molecular formula is C12H16N4O3. The summed E-state index contributed by atoms with van der Waals surface area (Å²) in [5, 5.41) is 0. The molecule has 0 radical (unpaired) electrons. The molecule has 102 valence electrons. The summed E-state index contributed by atoms with van der Waals surface area (Å²) in [5.74, 6) is -0.316. The number of nitrogens with two attached hydrogens (primary N) is 2. The number of rotatable bonds is 3. The van der Waals surface area contributed by atoms with Crippen LogP contribution in [0.3, 0.4) is 0 Å². The summed E-state index contributed by atoms with van der Waals surface area (Å²) in [6, 6.07) is 9.23. The molecule has 4 N–H and O–H groups in total. The molecule has 1 aromatic carbocycles. The number of carbonyl (C=O) groups excluding carboxylic acids is 1. The van der Waals surface area contributed by atoms with E-state index in [1.807, 2.05) is 30.3 Å². The van der Waals surface area contributed by atoms with E-state index in [2.05, 4.69) is 14.7 Å². The van der Waals surface area contributed by atoms with Crippen molar-refractivity contribution in [1.29, 1.82) is 0 Å². The molecular weight excluding hydrogens is 248 g/mol. The van der Waals surface area contributed by atoms with Gasteiger partial charge in [-0.2, -0.15) is 4.99 Å². The molecule has 7 heteroatoms. The van der Waals surface area contributed by atoms with Gasteiger partial charge in [-0.3, -0.25) is 0 Å². The van der Waals surface area contributed by atoms with Gasteiger partial charge in [0, 0.05) is 0 Å². The average molecular weight is 264 g/mol. The maximum Gasteiger partial charge on any atom is 0.436 e. The molecule has 1 rings (SSSR count). The Bertz CT molecular complexity index is 471. The summed E-state index contributed by atoms with van der Waals surface area (Å²) in [6.45, 7) is 2.12. The van der Waals surface area contributed by atoms with Gasteiger partial charge in [0.25, 0.3) is 6.02 Å². The Balaban J connectivity index is 2.50. The SMILES string of the molecule is CCOC(=O)N=C(N)/N=C(\N)OCc1ccccc1. The highest BCUT2D eigenvalue weighted by Crippen LogP contribution is 2.00. The summed E-state index contributed by atoms with van der Waals surface area (Å²) in [4.78, 5) is 17.9. The monoisotopic (exact) mass is 264 g/mol. The third-order valence-electron chi connectivity index (χ3n) is 1.93. The molecule has 0 aliphatic rings. The van der Waals surface area contributed by atoms with Crippen molar-refractivity contribution in [2.45, 2.75) is 13.5 Å². The van der Waals surface area contributed by atoms with E-state index in [0.717, 1.165) is 5.56 Å². The van der Waals surface area contributed by atoms with Gasteiger partial charge in [-0.25, -0.2) is 4.79 Å². The number of hydrogen-bond acceptors (Lipinski definition) is 3. The largest absolute Gasteiger partial charge is 0.460 e.